The van der Waals surface area contributed by atoms with Crippen LogP contribution in [0.4, 0.5) is 0 Å². The van der Waals surface area contributed by atoms with E-state index in [1.807, 2.05) is 6.92 Å². The molecule has 0 aromatic carbocycles. The van der Waals surface area contributed by atoms with E-state index in [1.165, 1.54) is 0 Å². The molecule has 0 bridgehead atoms. The van der Waals surface area contributed by atoms with Gasteiger partial charge in [-0.25, -0.2) is 0 Å². The minimum absolute atomic E-state index is 0.0136. The summed E-state index contributed by atoms with van der Waals surface area (Å²) in [6, 6.07) is -0.131. The average molecular weight is 197 g/mol. The van der Waals surface area contributed by atoms with Crippen LogP contribution in [0.3, 0.4) is 0 Å². The fraction of sp³-hybridized carbons (Fsp3) is 0.778. The van der Waals surface area contributed by atoms with Crippen LogP contribution in [0, 0.1) is 0 Å². The van der Waals surface area contributed by atoms with E-state index in [4.69, 9.17) is 15.0 Å². The number of ether oxygens (including phenoxy) is 1. The van der Waals surface area contributed by atoms with Crippen LogP contribution in [-0.4, -0.2) is 16.7 Å². The summed E-state index contributed by atoms with van der Waals surface area (Å²) in [4.78, 5) is 4.24. The molecule has 0 amide bonds. The summed E-state index contributed by atoms with van der Waals surface area (Å²) in [6.45, 7) is 2.77. The van der Waals surface area contributed by atoms with Gasteiger partial charge in [-0.05, 0) is 19.3 Å². The normalized spacial score (nSPS) is 24.0. The number of hydrogen-bond acceptors (Lipinski definition) is 5. The second kappa shape index (κ2) is 4.06. The summed E-state index contributed by atoms with van der Waals surface area (Å²) in [6.07, 6.45) is 2.82. The second-order valence-corrected chi connectivity index (χ2v) is 3.51. The maximum atomic E-state index is 5.78. The minimum Gasteiger partial charge on any atom is -0.368 e. The number of nitrogens with two attached hydrogens (primary N) is 1. The van der Waals surface area contributed by atoms with E-state index in [9.17, 15) is 0 Å². The molecule has 14 heavy (non-hydrogen) atoms. The lowest BCUT2D eigenvalue weighted by Gasteiger charge is -2.02. The predicted octanol–water partition coefficient (Wildman–Crippen LogP) is 1.33. The Morgan fingerprint density at radius 3 is 3.14 bits per heavy atom. The first-order valence-corrected chi connectivity index (χ1v) is 5.02. The Morgan fingerprint density at radius 2 is 2.50 bits per heavy atom. The topological polar surface area (TPSA) is 74.2 Å². The molecule has 1 saturated heterocycles. The maximum Gasteiger partial charge on any atom is 0.255 e. The summed E-state index contributed by atoms with van der Waals surface area (Å²) in [5.74, 6) is 1.15. The quantitative estimate of drug-likeness (QED) is 0.791. The molecule has 0 spiro atoms. The van der Waals surface area contributed by atoms with Crippen molar-refractivity contribution >= 4 is 0 Å². The van der Waals surface area contributed by atoms with Crippen LogP contribution in [0.25, 0.3) is 0 Å². The van der Waals surface area contributed by atoms with E-state index >= 15 is 0 Å². The van der Waals surface area contributed by atoms with Crippen LogP contribution >= 0.6 is 0 Å². The first-order valence-electron chi connectivity index (χ1n) is 5.02. The molecule has 0 radical (unpaired) electrons. The highest BCUT2D eigenvalue weighted by molar-refractivity contribution is 4.95. The summed E-state index contributed by atoms with van der Waals surface area (Å²) in [5.41, 5.74) is 5.78. The van der Waals surface area contributed by atoms with E-state index in [0.29, 0.717) is 11.7 Å². The van der Waals surface area contributed by atoms with Gasteiger partial charge in [-0.1, -0.05) is 12.1 Å². The lowest BCUT2D eigenvalue weighted by atomic mass is 10.2. The predicted molar refractivity (Wildman–Crippen MR) is 49.4 cm³/mol. The maximum absolute atomic E-state index is 5.78. The van der Waals surface area contributed by atoms with Gasteiger partial charge in [0.25, 0.3) is 5.89 Å². The van der Waals surface area contributed by atoms with Gasteiger partial charge < -0.3 is 15.0 Å². The van der Waals surface area contributed by atoms with Gasteiger partial charge in [0.05, 0.1) is 6.04 Å². The Bertz CT molecular complexity index is 294. The molecule has 1 fully saturated rings. The third-order valence-electron chi connectivity index (χ3n) is 2.43. The third kappa shape index (κ3) is 1.78. The van der Waals surface area contributed by atoms with E-state index in [-0.39, 0.29) is 12.1 Å². The van der Waals surface area contributed by atoms with Crippen molar-refractivity contribution in [3.05, 3.63) is 11.7 Å². The van der Waals surface area contributed by atoms with Crippen LogP contribution < -0.4 is 5.73 Å². The number of rotatable bonds is 3. The molecule has 78 valence electrons. The summed E-state index contributed by atoms with van der Waals surface area (Å²) in [7, 11) is 0. The highest BCUT2D eigenvalue weighted by atomic mass is 16.5. The van der Waals surface area contributed by atoms with Gasteiger partial charge in [0.2, 0.25) is 0 Å². The molecule has 1 aromatic heterocycles. The fourth-order valence-corrected chi connectivity index (χ4v) is 1.48. The SMILES string of the molecule is CCC(N)c1noc(C2CCCO2)n1. The third-order valence-corrected chi connectivity index (χ3v) is 2.43. The molecule has 2 atom stereocenters. The van der Waals surface area contributed by atoms with Gasteiger partial charge in [0.15, 0.2) is 5.82 Å². The Labute approximate surface area is 82.6 Å². The van der Waals surface area contributed by atoms with Crippen molar-refractivity contribution in [3.63, 3.8) is 0 Å². The van der Waals surface area contributed by atoms with Crippen LogP contribution in [0.2, 0.25) is 0 Å². The molecule has 1 aliphatic heterocycles. The molecule has 1 aromatic rings. The summed E-state index contributed by atoms with van der Waals surface area (Å²) >= 11 is 0. The lowest BCUT2D eigenvalue weighted by molar-refractivity contribution is 0.0835. The van der Waals surface area contributed by atoms with Gasteiger partial charge in [0, 0.05) is 6.61 Å². The number of hydrogen-bond donors (Lipinski definition) is 1. The lowest BCUT2D eigenvalue weighted by Crippen LogP contribution is -2.10. The van der Waals surface area contributed by atoms with Crippen molar-refractivity contribution in [1.29, 1.82) is 0 Å². The monoisotopic (exact) mass is 197 g/mol. The fourth-order valence-electron chi connectivity index (χ4n) is 1.48. The zero-order valence-electron chi connectivity index (χ0n) is 8.27. The zero-order chi connectivity index (χ0) is 9.97. The number of aromatic nitrogens is 2. The molecule has 0 saturated carbocycles. The molecule has 2 heterocycles. The Hall–Kier alpha value is -0.940. The van der Waals surface area contributed by atoms with Crippen molar-refractivity contribution in [2.24, 2.45) is 5.73 Å². The molecular formula is C9H15N3O2. The van der Waals surface area contributed by atoms with Crippen LogP contribution in [0.1, 0.15) is 50.0 Å². The van der Waals surface area contributed by atoms with Crippen molar-refractivity contribution in [2.75, 3.05) is 6.61 Å². The smallest absolute Gasteiger partial charge is 0.255 e. The molecule has 5 heteroatoms. The molecule has 2 unspecified atom stereocenters. The van der Waals surface area contributed by atoms with Gasteiger partial charge in [-0.3, -0.25) is 0 Å². The van der Waals surface area contributed by atoms with E-state index in [2.05, 4.69) is 10.1 Å². The largest absolute Gasteiger partial charge is 0.368 e. The molecule has 2 N–H and O–H groups in total. The van der Waals surface area contributed by atoms with Gasteiger partial charge >= 0.3 is 0 Å². The first kappa shape index (κ1) is 9.61. The molecule has 2 rings (SSSR count). The molecule has 1 aliphatic rings. The van der Waals surface area contributed by atoms with Gasteiger partial charge in [-0.15, -0.1) is 0 Å². The first-order chi connectivity index (χ1) is 6.81. The molecule has 5 nitrogen and oxygen atoms in total. The Morgan fingerprint density at radius 1 is 1.64 bits per heavy atom. The standard InChI is InChI=1S/C9H15N3O2/c1-2-6(10)8-11-9(14-12-8)7-4-3-5-13-7/h6-7H,2-5,10H2,1H3. The van der Waals surface area contributed by atoms with E-state index < -0.39 is 0 Å². The molecular weight excluding hydrogens is 182 g/mol. The Kier molecular flexibility index (Phi) is 2.79. The van der Waals surface area contributed by atoms with Crippen molar-refractivity contribution in [3.8, 4) is 0 Å². The minimum atomic E-state index is -0.131. The molecule has 0 aliphatic carbocycles. The average Bonchev–Trinajstić information content (AvgIpc) is 2.86. The number of nitrogens with zero attached hydrogens (tertiary/aromatic N) is 2. The van der Waals surface area contributed by atoms with E-state index in [0.717, 1.165) is 25.9 Å². The van der Waals surface area contributed by atoms with Crippen molar-refractivity contribution in [2.45, 2.75) is 38.3 Å². The van der Waals surface area contributed by atoms with Gasteiger partial charge in [0.1, 0.15) is 6.10 Å². The van der Waals surface area contributed by atoms with Crippen LogP contribution in [0.15, 0.2) is 4.52 Å². The summed E-state index contributed by atoms with van der Waals surface area (Å²) in [5, 5.41) is 3.84. The van der Waals surface area contributed by atoms with Crippen LogP contribution in [-0.2, 0) is 4.74 Å². The Balaban J connectivity index is 2.08. The summed E-state index contributed by atoms with van der Waals surface area (Å²) < 4.78 is 10.5. The highest BCUT2D eigenvalue weighted by Crippen LogP contribution is 2.27. The van der Waals surface area contributed by atoms with Gasteiger partial charge in [-0.2, -0.15) is 4.98 Å². The second-order valence-electron chi connectivity index (χ2n) is 3.51. The van der Waals surface area contributed by atoms with Crippen LogP contribution in [0.5, 0.6) is 0 Å². The van der Waals surface area contributed by atoms with E-state index in [1.54, 1.807) is 0 Å². The highest BCUT2D eigenvalue weighted by Gasteiger charge is 2.24. The van der Waals surface area contributed by atoms with Crippen molar-refractivity contribution < 1.29 is 9.26 Å². The van der Waals surface area contributed by atoms with Crippen molar-refractivity contribution in [1.82, 2.24) is 10.1 Å². The zero-order valence-corrected chi connectivity index (χ0v) is 8.27.